The number of rotatable bonds is 6. The standard InChI is InChI=1S/C24H25NO4/c1-3-28-23(26)20-18-15-19(16-11-7-5-8-12-16)25(17-13-9-6-10-14-17)22(18)21(20)24(27)29-4-2/h5-14,18-19,22H,3-4,15H2,1-2H3/t18-,19?,22-/m0/s1. The van der Waals surface area contributed by atoms with E-state index < -0.39 is 11.9 Å². The lowest BCUT2D eigenvalue weighted by Gasteiger charge is -2.41. The normalized spacial score (nSPS) is 22.7. The van der Waals surface area contributed by atoms with Crippen LogP contribution in [0.1, 0.15) is 31.9 Å². The predicted octanol–water partition coefficient (Wildman–Crippen LogP) is 4.06. The number of hydrogen-bond donors (Lipinski definition) is 0. The highest BCUT2D eigenvalue weighted by atomic mass is 16.5. The molecule has 1 unspecified atom stereocenters. The van der Waals surface area contributed by atoms with Gasteiger partial charge in [-0.3, -0.25) is 0 Å². The van der Waals surface area contributed by atoms with Gasteiger partial charge in [0.05, 0.1) is 36.4 Å². The molecule has 1 aliphatic carbocycles. The fourth-order valence-corrected chi connectivity index (χ4v) is 4.57. The van der Waals surface area contributed by atoms with Gasteiger partial charge in [0.25, 0.3) is 0 Å². The molecule has 5 nitrogen and oxygen atoms in total. The summed E-state index contributed by atoms with van der Waals surface area (Å²) in [4.78, 5) is 27.7. The first-order valence-electron chi connectivity index (χ1n) is 10.1. The molecule has 0 aromatic heterocycles. The first-order chi connectivity index (χ1) is 14.2. The maximum atomic E-state index is 12.8. The molecule has 1 aliphatic heterocycles. The summed E-state index contributed by atoms with van der Waals surface area (Å²) in [5.41, 5.74) is 3.11. The maximum Gasteiger partial charge on any atom is 0.336 e. The van der Waals surface area contributed by atoms with E-state index >= 15 is 0 Å². The van der Waals surface area contributed by atoms with E-state index in [0.717, 1.165) is 17.7 Å². The summed E-state index contributed by atoms with van der Waals surface area (Å²) >= 11 is 0. The highest BCUT2D eigenvalue weighted by molar-refractivity contribution is 6.06. The van der Waals surface area contributed by atoms with E-state index in [1.165, 1.54) is 0 Å². The molecule has 29 heavy (non-hydrogen) atoms. The van der Waals surface area contributed by atoms with Gasteiger partial charge in [-0.15, -0.1) is 0 Å². The number of carbonyl (C=O) groups excluding carboxylic acids is 2. The molecular weight excluding hydrogens is 366 g/mol. The third-order valence-electron chi connectivity index (χ3n) is 5.68. The molecule has 2 aromatic rings. The van der Waals surface area contributed by atoms with Crippen LogP contribution >= 0.6 is 0 Å². The van der Waals surface area contributed by atoms with Gasteiger partial charge in [-0.05, 0) is 38.0 Å². The van der Waals surface area contributed by atoms with Gasteiger partial charge in [0, 0.05) is 11.6 Å². The largest absolute Gasteiger partial charge is 0.463 e. The van der Waals surface area contributed by atoms with E-state index in [9.17, 15) is 9.59 Å². The van der Waals surface area contributed by atoms with Crippen LogP contribution in [0.3, 0.4) is 0 Å². The van der Waals surface area contributed by atoms with E-state index in [2.05, 4.69) is 17.0 Å². The first-order valence-corrected chi connectivity index (χ1v) is 10.1. The molecule has 0 bridgehead atoms. The second kappa shape index (κ2) is 8.11. The number of anilines is 1. The second-order valence-electron chi connectivity index (χ2n) is 7.22. The van der Waals surface area contributed by atoms with Crippen LogP contribution in [0.5, 0.6) is 0 Å². The zero-order valence-corrected chi connectivity index (χ0v) is 16.7. The van der Waals surface area contributed by atoms with Crippen molar-refractivity contribution in [1.82, 2.24) is 0 Å². The number of nitrogens with zero attached hydrogens (tertiary/aromatic N) is 1. The Hall–Kier alpha value is -3.08. The molecule has 0 N–H and O–H groups in total. The van der Waals surface area contributed by atoms with E-state index in [1.54, 1.807) is 13.8 Å². The molecule has 1 saturated heterocycles. The summed E-state index contributed by atoms with van der Waals surface area (Å²) < 4.78 is 10.6. The van der Waals surface area contributed by atoms with Crippen LogP contribution < -0.4 is 4.90 Å². The lowest BCUT2D eigenvalue weighted by Crippen LogP contribution is -2.48. The van der Waals surface area contributed by atoms with Gasteiger partial charge >= 0.3 is 11.9 Å². The molecule has 0 saturated carbocycles. The van der Waals surface area contributed by atoms with Crippen LogP contribution in [-0.2, 0) is 19.1 Å². The fraction of sp³-hybridized carbons (Fsp3) is 0.333. The zero-order valence-electron chi connectivity index (χ0n) is 16.7. The van der Waals surface area contributed by atoms with Crippen LogP contribution in [0.25, 0.3) is 0 Å². The molecule has 2 aliphatic rings. The van der Waals surface area contributed by atoms with Gasteiger partial charge < -0.3 is 14.4 Å². The van der Waals surface area contributed by atoms with Crippen LogP contribution in [0.2, 0.25) is 0 Å². The number of fused-ring (bicyclic) bond motifs is 1. The molecule has 3 atom stereocenters. The summed E-state index contributed by atoms with van der Waals surface area (Å²) in [7, 11) is 0. The molecule has 4 rings (SSSR count). The van der Waals surface area contributed by atoms with Gasteiger partial charge in [0.2, 0.25) is 0 Å². The van der Waals surface area contributed by atoms with Gasteiger partial charge in [-0.1, -0.05) is 48.5 Å². The van der Waals surface area contributed by atoms with Crippen molar-refractivity contribution in [1.29, 1.82) is 0 Å². The summed E-state index contributed by atoms with van der Waals surface area (Å²) in [5, 5.41) is 0. The van der Waals surface area contributed by atoms with Crippen molar-refractivity contribution in [3.8, 4) is 0 Å². The third-order valence-corrected chi connectivity index (χ3v) is 5.68. The van der Waals surface area contributed by atoms with E-state index in [-0.39, 0.29) is 31.2 Å². The second-order valence-corrected chi connectivity index (χ2v) is 7.22. The van der Waals surface area contributed by atoms with Crippen molar-refractivity contribution >= 4 is 17.6 Å². The lowest BCUT2D eigenvalue weighted by atomic mass is 9.72. The van der Waals surface area contributed by atoms with E-state index in [0.29, 0.717) is 11.1 Å². The van der Waals surface area contributed by atoms with Crippen LogP contribution in [0.4, 0.5) is 5.69 Å². The van der Waals surface area contributed by atoms with Crippen molar-refractivity contribution in [2.45, 2.75) is 32.4 Å². The van der Waals surface area contributed by atoms with Crippen molar-refractivity contribution in [3.63, 3.8) is 0 Å². The Morgan fingerprint density at radius 1 is 0.862 bits per heavy atom. The Bertz CT molecular complexity index is 922. The average molecular weight is 391 g/mol. The molecule has 2 aromatic carbocycles. The van der Waals surface area contributed by atoms with E-state index in [4.69, 9.17) is 9.47 Å². The highest BCUT2D eigenvalue weighted by Gasteiger charge is 2.57. The van der Waals surface area contributed by atoms with Crippen molar-refractivity contribution < 1.29 is 19.1 Å². The van der Waals surface area contributed by atoms with Crippen molar-refractivity contribution in [2.75, 3.05) is 18.1 Å². The Kier molecular flexibility index (Phi) is 5.38. The van der Waals surface area contributed by atoms with Crippen LogP contribution in [-0.4, -0.2) is 31.2 Å². The fourth-order valence-electron chi connectivity index (χ4n) is 4.57. The third kappa shape index (κ3) is 3.31. The lowest BCUT2D eigenvalue weighted by molar-refractivity contribution is -0.144. The Morgan fingerprint density at radius 2 is 1.41 bits per heavy atom. The zero-order chi connectivity index (χ0) is 20.4. The van der Waals surface area contributed by atoms with Crippen LogP contribution in [0, 0.1) is 5.92 Å². The minimum Gasteiger partial charge on any atom is -0.463 e. The monoisotopic (exact) mass is 391 g/mol. The quantitative estimate of drug-likeness (QED) is 0.695. The number of hydrogen-bond acceptors (Lipinski definition) is 5. The van der Waals surface area contributed by atoms with Crippen LogP contribution in [0.15, 0.2) is 71.8 Å². The van der Waals surface area contributed by atoms with Gasteiger partial charge in [0.15, 0.2) is 0 Å². The number of benzene rings is 2. The predicted molar refractivity (Wildman–Crippen MR) is 110 cm³/mol. The Balaban J connectivity index is 1.79. The highest BCUT2D eigenvalue weighted by Crippen LogP contribution is 2.55. The van der Waals surface area contributed by atoms with Gasteiger partial charge in [0.1, 0.15) is 0 Å². The van der Waals surface area contributed by atoms with E-state index in [1.807, 2.05) is 48.5 Å². The molecule has 5 heteroatoms. The minimum atomic E-state index is -0.425. The summed E-state index contributed by atoms with van der Waals surface area (Å²) in [6.07, 6.45) is 0.751. The van der Waals surface area contributed by atoms with Crippen molar-refractivity contribution in [3.05, 3.63) is 77.4 Å². The summed E-state index contributed by atoms with van der Waals surface area (Å²) in [5.74, 6) is -0.885. The SMILES string of the molecule is CCOC(=O)C1=C(C(=O)OCC)[C@@H]2CC(c3ccccc3)N(c3ccccc3)[C@H]12. The number of para-hydroxylation sites is 1. The molecule has 150 valence electrons. The molecule has 0 spiro atoms. The smallest absolute Gasteiger partial charge is 0.336 e. The Morgan fingerprint density at radius 3 is 2.00 bits per heavy atom. The van der Waals surface area contributed by atoms with Gasteiger partial charge in [-0.25, -0.2) is 9.59 Å². The summed E-state index contributed by atoms with van der Waals surface area (Å²) in [6.45, 7) is 4.09. The minimum absolute atomic E-state index is 0.0566. The number of carbonyl (C=O) groups is 2. The van der Waals surface area contributed by atoms with Gasteiger partial charge in [-0.2, -0.15) is 0 Å². The molecule has 1 fully saturated rings. The molecule has 0 radical (unpaired) electrons. The molecule has 1 heterocycles. The number of esters is 2. The Labute approximate surface area is 170 Å². The average Bonchev–Trinajstić information content (AvgIpc) is 3.04. The first kappa shape index (κ1) is 19.2. The molecular formula is C24H25NO4. The number of ether oxygens (including phenoxy) is 2. The topological polar surface area (TPSA) is 55.8 Å². The maximum absolute atomic E-state index is 12.8. The van der Waals surface area contributed by atoms with Crippen molar-refractivity contribution in [2.24, 2.45) is 5.92 Å². The summed E-state index contributed by atoms with van der Waals surface area (Å²) in [6, 6.07) is 20.1. The molecule has 0 amide bonds.